The van der Waals surface area contributed by atoms with Crippen LogP contribution >= 0.6 is 31.9 Å². The number of benzene rings is 1. The summed E-state index contributed by atoms with van der Waals surface area (Å²) < 4.78 is 0. The lowest BCUT2D eigenvalue weighted by Gasteiger charge is -2.21. The minimum atomic E-state index is 0.650. The molecule has 2 heteroatoms. The summed E-state index contributed by atoms with van der Waals surface area (Å²) in [5, 5.41) is 1.96. The molecule has 1 aromatic rings. The number of fused-ring (bicyclic) bond motifs is 1. The zero-order chi connectivity index (χ0) is 11.9. The molecule has 1 saturated carbocycles. The fraction of sp³-hybridized carbons (Fsp3) is 0.600. The van der Waals surface area contributed by atoms with Gasteiger partial charge >= 0.3 is 0 Å². The predicted molar refractivity (Wildman–Crippen MR) is 80.0 cm³/mol. The highest BCUT2D eigenvalue weighted by molar-refractivity contribution is 9.09. The van der Waals surface area contributed by atoms with Crippen LogP contribution in [0.5, 0.6) is 0 Å². The Morgan fingerprint density at radius 3 is 1.76 bits per heavy atom. The van der Waals surface area contributed by atoms with Gasteiger partial charge in [0.1, 0.15) is 0 Å². The fourth-order valence-corrected chi connectivity index (χ4v) is 4.76. The first-order chi connectivity index (χ1) is 8.26. The molecule has 0 N–H and O–H groups in total. The van der Waals surface area contributed by atoms with Crippen molar-refractivity contribution in [3.63, 3.8) is 0 Å². The molecule has 92 valence electrons. The van der Waals surface area contributed by atoms with E-state index in [0.717, 1.165) is 10.7 Å². The van der Waals surface area contributed by atoms with E-state index in [2.05, 4.69) is 44.0 Å². The summed E-state index contributed by atoms with van der Waals surface area (Å²) >= 11 is 7.22. The van der Waals surface area contributed by atoms with Gasteiger partial charge in [0.05, 0.1) is 0 Å². The maximum Gasteiger partial charge on any atom is 0.0286 e. The molecule has 3 rings (SSSR count). The third-order valence-electron chi connectivity index (χ3n) is 4.60. The Kier molecular flexibility index (Phi) is 3.38. The molecule has 0 atom stereocenters. The Labute approximate surface area is 120 Å². The molecule has 0 nitrogen and oxygen atoms in total. The molecule has 17 heavy (non-hydrogen) atoms. The van der Waals surface area contributed by atoms with E-state index < -0.39 is 0 Å². The van der Waals surface area contributed by atoms with E-state index in [1.54, 1.807) is 11.1 Å². The highest BCUT2D eigenvalue weighted by Gasteiger charge is 2.39. The van der Waals surface area contributed by atoms with Crippen LogP contribution in [0.25, 0.3) is 0 Å². The highest BCUT2D eigenvalue weighted by atomic mass is 79.9. The third kappa shape index (κ3) is 2.12. The predicted octanol–water partition coefficient (Wildman–Crippen LogP) is 5.14. The SMILES string of the molecule is BrCc1cc2c(cc1CBr)CC1(CCCC1)C2. The van der Waals surface area contributed by atoms with Gasteiger partial charge in [0.25, 0.3) is 0 Å². The van der Waals surface area contributed by atoms with Crippen LogP contribution in [-0.2, 0) is 23.5 Å². The van der Waals surface area contributed by atoms with Gasteiger partial charge in [-0.1, -0.05) is 56.8 Å². The summed E-state index contributed by atoms with van der Waals surface area (Å²) in [5.41, 5.74) is 6.85. The standard InChI is InChI=1S/C15H18Br2/c16-9-13-5-11-7-15(3-1-2-4-15)8-12(11)6-14(13)10-17/h5-6H,1-4,7-10H2. The van der Waals surface area contributed by atoms with E-state index in [1.165, 1.54) is 49.7 Å². The van der Waals surface area contributed by atoms with Crippen LogP contribution in [0, 0.1) is 5.41 Å². The first-order valence-corrected chi connectivity index (χ1v) is 8.76. The fourth-order valence-electron chi connectivity index (χ4n) is 3.72. The van der Waals surface area contributed by atoms with Gasteiger partial charge < -0.3 is 0 Å². The third-order valence-corrected chi connectivity index (χ3v) is 5.81. The molecule has 1 fully saturated rings. The van der Waals surface area contributed by atoms with Crippen molar-refractivity contribution in [1.82, 2.24) is 0 Å². The van der Waals surface area contributed by atoms with E-state index in [1.807, 2.05) is 0 Å². The zero-order valence-corrected chi connectivity index (χ0v) is 13.2. The lowest BCUT2D eigenvalue weighted by Crippen LogP contribution is -2.15. The zero-order valence-electron chi connectivity index (χ0n) is 10.1. The number of hydrogen-bond acceptors (Lipinski definition) is 0. The van der Waals surface area contributed by atoms with Crippen molar-refractivity contribution in [3.8, 4) is 0 Å². The molecule has 2 aliphatic rings. The molecule has 0 bridgehead atoms. The molecular weight excluding hydrogens is 340 g/mol. The van der Waals surface area contributed by atoms with Crippen molar-refractivity contribution in [2.24, 2.45) is 5.41 Å². The molecule has 0 saturated heterocycles. The molecule has 2 aliphatic carbocycles. The Morgan fingerprint density at radius 1 is 0.882 bits per heavy atom. The second-order valence-electron chi connectivity index (χ2n) is 5.72. The van der Waals surface area contributed by atoms with Crippen molar-refractivity contribution < 1.29 is 0 Å². The van der Waals surface area contributed by atoms with Gasteiger partial charge in [-0.05, 0) is 53.4 Å². The van der Waals surface area contributed by atoms with E-state index in [-0.39, 0.29) is 0 Å². The van der Waals surface area contributed by atoms with Gasteiger partial charge in [0.2, 0.25) is 0 Å². The average Bonchev–Trinajstić information content (AvgIpc) is 2.93. The number of halogens is 2. The summed E-state index contributed by atoms with van der Waals surface area (Å²) in [6.45, 7) is 0. The molecule has 0 amide bonds. The van der Waals surface area contributed by atoms with E-state index >= 15 is 0 Å². The molecule has 0 unspecified atom stereocenters. The summed E-state index contributed by atoms with van der Waals surface area (Å²) in [5.74, 6) is 0. The Hall–Kier alpha value is 0.180. The van der Waals surface area contributed by atoms with Crippen LogP contribution in [-0.4, -0.2) is 0 Å². The second kappa shape index (κ2) is 4.70. The van der Waals surface area contributed by atoms with Crippen LogP contribution in [0.1, 0.15) is 47.9 Å². The Bertz CT molecular complexity index is 396. The normalized spacial score (nSPS) is 21.1. The van der Waals surface area contributed by atoms with Crippen LogP contribution in [0.3, 0.4) is 0 Å². The molecule has 0 aliphatic heterocycles. The molecule has 1 aromatic carbocycles. The molecule has 1 spiro atoms. The van der Waals surface area contributed by atoms with Gasteiger partial charge in [-0.2, -0.15) is 0 Å². The van der Waals surface area contributed by atoms with Gasteiger partial charge in [0.15, 0.2) is 0 Å². The van der Waals surface area contributed by atoms with E-state index in [9.17, 15) is 0 Å². The second-order valence-corrected chi connectivity index (χ2v) is 6.84. The van der Waals surface area contributed by atoms with Crippen molar-refractivity contribution in [3.05, 3.63) is 34.4 Å². The van der Waals surface area contributed by atoms with Crippen molar-refractivity contribution in [1.29, 1.82) is 0 Å². The van der Waals surface area contributed by atoms with Crippen LogP contribution < -0.4 is 0 Å². The maximum absolute atomic E-state index is 3.61. The quantitative estimate of drug-likeness (QED) is 0.643. The first kappa shape index (κ1) is 12.2. The molecule has 0 heterocycles. The van der Waals surface area contributed by atoms with Crippen LogP contribution in [0.2, 0.25) is 0 Å². The Morgan fingerprint density at radius 2 is 1.35 bits per heavy atom. The van der Waals surface area contributed by atoms with Crippen molar-refractivity contribution >= 4 is 31.9 Å². The van der Waals surface area contributed by atoms with E-state index in [4.69, 9.17) is 0 Å². The Balaban J connectivity index is 1.97. The van der Waals surface area contributed by atoms with Crippen molar-refractivity contribution in [2.45, 2.75) is 49.2 Å². The summed E-state index contributed by atoms with van der Waals surface area (Å²) in [4.78, 5) is 0. The number of hydrogen-bond donors (Lipinski definition) is 0. The van der Waals surface area contributed by atoms with E-state index in [0.29, 0.717) is 5.41 Å². The summed E-state index contributed by atoms with van der Waals surface area (Å²) in [6.07, 6.45) is 8.48. The molecule has 0 radical (unpaired) electrons. The maximum atomic E-state index is 3.61. The van der Waals surface area contributed by atoms with Gasteiger partial charge in [-0.3, -0.25) is 0 Å². The topological polar surface area (TPSA) is 0 Å². The van der Waals surface area contributed by atoms with Crippen molar-refractivity contribution in [2.75, 3.05) is 0 Å². The lowest BCUT2D eigenvalue weighted by molar-refractivity contribution is 0.318. The van der Waals surface area contributed by atoms with Gasteiger partial charge in [-0.15, -0.1) is 0 Å². The van der Waals surface area contributed by atoms with Gasteiger partial charge in [-0.25, -0.2) is 0 Å². The largest absolute Gasteiger partial charge is 0.0876 e. The minimum Gasteiger partial charge on any atom is -0.0876 e. The summed E-state index contributed by atoms with van der Waals surface area (Å²) in [7, 11) is 0. The monoisotopic (exact) mass is 356 g/mol. The summed E-state index contributed by atoms with van der Waals surface area (Å²) in [6, 6.07) is 4.90. The average molecular weight is 358 g/mol. The minimum absolute atomic E-state index is 0.650. The number of rotatable bonds is 2. The van der Waals surface area contributed by atoms with Gasteiger partial charge in [0, 0.05) is 10.7 Å². The lowest BCUT2D eigenvalue weighted by atomic mass is 9.83. The van der Waals surface area contributed by atoms with Crippen LogP contribution in [0.15, 0.2) is 12.1 Å². The molecular formula is C15H18Br2. The first-order valence-electron chi connectivity index (χ1n) is 6.52. The smallest absolute Gasteiger partial charge is 0.0286 e. The molecule has 0 aromatic heterocycles. The number of alkyl halides is 2. The van der Waals surface area contributed by atoms with Crippen LogP contribution in [0.4, 0.5) is 0 Å². The highest BCUT2D eigenvalue weighted by Crippen LogP contribution is 2.49.